The van der Waals surface area contributed by atoms with Crippen molar-refractivity contribution < 1.29 is 14.3 Å². The summed E-state index contributed by atoms with van der Waals surface area (Å²) >= 11 is 0. The molecule has 0 bridgehead atoms. The average Bonchev–Trinajstić information content (AvgIpc) is 3.50. The number of nitrogen functional groups attached to an aromatic ring is 1. The molecule has 1 atom stereocenters. The summed E-state index contributed by atoms with van der Waals surface area (Å²) in [5.41, 5.74) is 8.10. The minimum atomic E-state index is -0.308. The Morgan fingerprint density at radius 2 is 1.94 bits per heavy atom. The highest BCUT2D eigenvalue weighted by Crippen LogP contribution is 2.34. The lowest BCUT2D eigenvalue weighted by atomic mass is 10.0. The van der Waals surface area contributed by atoms with Gasteiger partial charge in [0.1, 0.15) is 34.4 Å². The number of carbonyl (C=O) groups excluding carboxylic acids is 2. The molecular weight excluding hydrogens is 454 g/mol. The SMILES string of the molecule is CC#CC(=O)N1CCC[C@H]1c1nc(C(=O)c2ccc(Oc3ccccc3)cc2C)c2c(N)nccn12. The van der Waals surface area contributed by atoms with Gasteiger partial charge in [-0.05, 0) is 68.5 Å². The van der Waals surface area contributed by atoms with Gasteiger partial charge >= 0.3 is 0 Å². The molecule has 3 heterocycles. The summed E-state index contributed by atoms with van der Waals surface area (Å²) in [5.74, 6) is 6.88. The van der Waals surface area contributed by atoms with Crippen LogP contribution >= 0.6 is 0 Å². The first-order valence-electron chi connectivity index (χ1n) is 11.7. The number of para-hydroxylation sites is 1. The van der Waals surface area contributed by atoms with Crippen molar-refractivity contribution in [3.05, 3.63) is 83.6 Å². The lowest BCUT2D eigenvalue weighted by molar-refractivity contribution is -0.126. The maximum absolute atomic E-state index is 13.7. The molecule has 0 saturated carbocycles. The number of aryl methyl sites for hydroxylation is 1. The van der Waals surface area contributed by atoms with Crippen molar-refractivity contribution >= 4 is 23.0 Å². The molecule has 1 fully saturated rings. The van der Waals surface area contributed by atoms with E-state index < -0.39 is 0 Å². The molecule has 2 aromatic heterocycles. The second-order valence-electron chi connectivity index (χ2n) is 8.60. The second kappa shape index (κ2) is 9.55. The molecule has 8 nitrogen and oxygen atoms in total. The zero-order valence-corrected chi connectivity index (χ0v) is 20.1. The van der Waals surface area contributed by atoms with Gasteiger partial charge in [0.15, 0.2) is 0 Å². The number of anilines is 1. The summed E-state index contributed by atoms with van der Waals surface area (Å²) in [6, 6.07) is 14.4. The van der Waals surface area contributed by atoms with Crippen LogP contribution in [0.15, 0.2) is 60.9 Å². The molecule has 36 heavy (non-hydrogen) atoms. The Hall–Kier alpha value is -4.64. The van der Waals surface area contributed by atoms with E-state index in [9.17, 15) is 9.59 Å². The Bertz CT molecular complexity index is 1530. The first-order chi connectivity index (χ1) is 17.5. The molecule has 5 rings (SSSR count). The topological polar surface area (TPSA) is 103 Å². The van der Waals surface area contributed by atoms with E-state index >= 15 is 0 Å². The molecule has 0 aliphatic carbocycles. The first kappa shape index (κ1) is 23.1. The molecule has 2 aromatic carbocycles. The summed E-state index contributed by atoms with van der Waals surface area (Å²) in [7, 11) is 0. The van der Waals surface area contributed by atoms with Crippen LogP contribution in [0.3, 0.4) is 0 Å². The highest BCUT2D eigenvalue weighted by molar-refractivity contribution is 6.14. The number of nitrogens with two attached hydrogens (primary N) is 1. The number of carbonyl (C=O) groups is 2. The molecule has 1 aliphatic rings. The predicted octanol–water partition coefficient (Wildman–Crippen LogP) is 4.33. The van der Waals surface area contributed by atoms with E-state index in [-0.39, 0.29) is 29.2 Å². The van der Waals surface area contributed by atoms with Crippen LogP contribution in [-0.4, -0.2) is 37.5 Å². The maximum Gasteiger partial charge on any atom is 0.299 e. The van der Waals surface area contributed by atoms with Gasteiger partial charge in [0, 0.05) is 24.5 Å². The van der Waals surface area contributed by atoms with Gasteiger partial charge in [-0.25, -0.2) is 9.97 Å². The standard InChI is InChI=1S/C28H25N5O3/c1-3-8-23(34)32-15-7-11-22(32)28-31-24(25-27(29)30-14-16-33(25)28)26(35)21-13-12-20(17-18(21)2)36-19-9-5-4-6-10-19/h4-6,9-10,12-14,16-17,22H,7,11,15H2,1-2H3,(H2,29,30)/t22-/m0/s1. The highest BCUT2D eigenvalue weighted by Gasteiger charge is 2.34. The number of amides is 1. The van der Waals surface area contributed by atoms with Crippen molar-refractivity contribution in [2.24, 2.45) is 0 Å². The van der Waals surface area contributed by atoms with E-state index in [2.05, 4.69) is 16.8 Å². The lowest BCUT2D eigenvalue weighted by Gasteiger charge is -2.21. The molecule has 8 heteroatoms. The third kappa shape index (κ3) is 4.16. The van der Waals surface area contributed by atoms with Crippen LogP contribution in [-0.2, 0) is 4.79 Å². The summed E-state index contributed by atoms with van der Waals surface area (Å²) in [6.07, 6.45) is 4.83. The smallest absolute Gasteiger partial charge is 0.299 e. The van der Waals surface area contributed by atoms with Crippen molar-refractivity contribution in [1.82, 2.24) is 19.3 Å². The van der Waals surface area contributed by atoms with E-state index in [1.54, 1.807) is 40.8 Å². The number of fused-ring (bicyclic) bond motifs is 1. The van der Waals surface area contributed by atoms with Crippen molar-refractivity contribution in [1.29, 1.82) is 0 Å². The number of ether oxygens (including phenoxy) is 1. The Morgan fingerprint density at radius 3 is 2.69 bits per heavy atom. The number of benzene rings is 2. The summed E-state index contributed by atoms with van der Waals surface area (Å²) in [4.78, 5) is 37.0. The number of ketones is 1. The van der Waals surface area contributed by atoms with Gasteiger partial charge in [-0.15, -0.1) is 0 Å². The largest absolute Gasteiger partial charge is 0.457 e. The number of imidazole rings is 1. The van der Waals surface area contributed by atoms with Crippen LogP contribution < -0.4 is 10.5 Å². The Kier molecular flexibility index (Phi) is 6.13. The molecule has 1 aliphatic heterocycles. The Balaban J connectivity index is 1.54. The molecule has 0 radical (unpaired) electrons. The van der Waals surface area contributed by atoms with Gasteiger partial charge in [0.25, 0.3) is 5.91 Å². The zero-order valence-electron chi connectivity index (χ0n) is 20.1. The van der Waals surface area contributed by atoms with Crippen LogP contribution in [0.25, 0.3) is 5.52 Å². The van der Waals surface area contributed by atoms with Crippen LogP contribution in [0.5, 0.6) is 11.5 Å². The van der Waals surface area contributed by atoms with Crippen molar-refractivity contribution in [2.75, 3.05) is 12.3 Å². The van der Waals surface area contributed by atoms with Crippen LogP contribution in [0.2, 0.25) is 0 Å². The number of rotatable bonds is 5. The molecule has 180 valence electrons. The number of hydrogen-bond donors (Lipinski definition) is 1. The normalized spacial score (nSPS) is 14.9. The van der Waals surface area contributed by atoms with E-state index in [4.69, 9.17) is 15.5 Å². The molecule has 4 aromatic rings. The van der Waals surface area contributed by atoms with Crippen molar-refractivity contribution in [2.45, 2.75) is 32.7 Å². The number of nitrogens with zero attached hydrogens (tertiary/aromatic N) is 4. The molecular formula is C28H25N5O3. The van der Waals surface area contributed by atoms with Gasteiger partial charge in [-0.3, -0.25) is 14.0 Å². The third-order valence-electron chi connectivity index (χ3n) is 6.29. The van der Waals surface area contributed by atoms with Gasteiger partial charge in [-0.2, -0.15) is 0 Å². The fourth-order valence-corrected chi connectivity index (χ4v) is 4.64. The van der Waals surface area contributed by atoms with E-state index in [0.717, 1.165) is 18.4 Å². The molecule has 1 amide bonds. The molecule has 2 N–H and O–H groups in total. The average molecular weight is 480 g/mol. The van der Waals surface area contributed by atoms with Crippen LogP contribution in [0, 0.1) is 18.8 Å². The van der Waals surface area contributed by atoms with Gasteiger partial charge in [0.2, 0.25) is 5.78 Å². The number of likely N-dealkylation sites (tertiary alicyclic amines) is 1. The van der Waals surface area contributed by atoms with Crippen LogP contribution in [0.4, 0.5) is 5.82 Å². The Morgan fingerprint density at radius 1 is 1.14 bits per heavy atom. The van der Waals surface area contributed by atoms with E-state index in [0.29, 0.717) is 34.9 Å². The summed E-state index contributed by atoms with van der Waals surface area (Å²) < 4.78 is 7.68. The summed E-state index contributed by atoms with van der Waals surface area (Å²) in [5, 5.41) is 0. The minimum Gasteiger partial charge on any atom is -0.457 e. The van der Waals surface area contributed by atoms with Gasteiger partial charge in [0.05, 0.1) is 6.04 Å². The summed E-state index contributed by atoms with van der Waals surface area (Å²) in [6.45, 7) is 4.07. The second-order valence-corrected chi connectivity index (χ2v) is 8.60. The lowest BCUT2D eigenvalue weighted by Crippen LogP contribution is -2.30. The minimum absolute atomic E-state index is 0.200. The zero-order chi connectivity index (χ0) is 25.2. The van der Waals surface area contributed by atoms with Crippen molar-refractivity contribution in [3.8, 4) is 23.3 Å². The van der Waals surface area contributed by atoms with Crippen molar-refractivity contribution in [3.63, 3.8) is 0 Å². The fourth-order valence-electron chi connectivity index (χ4n) is 4.64. The maximum atomic E-state index is 13.7. The van der Waals surface area contributed by atoms with Gasteiger partial charge < -0.3 is 15.4 Å². The Labute approximate surface area is 208 Å². The quantitative estimate of drug-likeness (QED) is 0.338. The van der Waals surface area contributed by atoms with E-state index in [1.807, 2.05) is 43.3 Å². The van der Waals surface area contributed by atoms with Gasteiger partial charge in [-0.1, -0.05) is 24.1 Å². The third-order valence-corrected chi connectivity index (χ3v) is 6.29. The molecule has 1 saturated heterocycles. The number of hydrogen-bond acceptors (Lipinski definition) is 6. The fraction of sp³-hybridized carbons (Fsp3) is 0.214. The highest BCUT2D eigenvalue weighted by atomic mass is 16.5. The number of aromatic nitrogens is 3. The molecule has 0 unspecified atom stereocenters. The first-order valence-corrected chi connectivity index (χ1v) is 11.7. The van der Waals surface area contributed by atoms with E-state index in [1.165, 1.54) is 0 Å². The molecule has 0 spiro atoms. The monoisotopic (exact) mass is 479 g/mol. The van der Waals surface area contributed by atoms with Crippen LogP contribution in [0.1, 0.15) is 53.2 Å². The predicted molar refractivity (Wildman–Crippen MR) is 136 cm³/mol.